The third-order valence-corrected chi connectivity index (χ3v) is 4.10. The molecule has 4 heteroatoms. The minimum atomic E-state index is -0.116. The standard InChI is InChI=1S/C17H23ClN2O.C2H6/c1-12(21)16(13-6-8-15(18)9-7-13)10-19-11-17(20(2)3)14-4-5-14;1-2/h6-9,16,19H,4-5,10-11H2,1-3H3;1-2H3. The van der Waals surface area contributed by atoms with Gasteiger partial charge in [0, 0.05) is 37.9 Å². The van der Waals surface area contributed by atoms with Crippen LogP contribution in [0.3, 0.4) is 0 Å². The Hall–Kier alpha value is -1.32. The summed E-state index contributed by atoms with van der Waals surface area (Å²) < 4.78 is 0. The number of ketones is 1. The van der Waals surface area contributed by atoms with E-state index in [0.717, 1.165) is 12.1 Å². The monoisotopic (exact) mass is 336 g/mol. The SMILES string of the molecule is CC.CC(=O)C(CNCC(=C1CC1)N(C)C)c1ccc(Cl)cc1. The number of nitrogens with one attached hydrogen (secondary N) is 1. The van der Waals surface area contributed by atoms with Gasteiger partial charge in [-0.15, -0.1) is 0 Å². The largest absolute Gasteiger partial charge is 0.380 e. The van der Waals surface area contributed by atoms with Crippen molar-refractivity contribution in [2.24, 2.45) is 0 Å². The van der Waals surface area contributed by atoms with Gasteiger partial charge in [-0.3, -0.25) is 4.79 Å². The molecule has 0 saturated heterocycles. The molecule has 0 bridgehead atoms. The topological polar surface area (TPSA) is 32.3 Å². The average Bonchev–Trinajstić information content (AvgIpc) is 3.34. The van der Waals surface area contributed by atoms with Crippen LogP contribution in [0.25, 0.3) is 0 Å². The van der Waals surface area contributed by atoms with Crippen LogP contribution < -0.4 is 5.32 Å². The van der Waals surface area contributed by atoms with Crippen molar-refractivity contribution in [3.8, 4) is 0 Å². The number of allylic oxidation sites excluding steroid dienone is 1. The second kappa shape index (κ2) is 9.74. The predicted molar refractivity (Wildman–Crippen MR) is 99.0 cm³/mol. The smallest absolute Gasteiger partial charge is 0.138 e. The van der Waals surface area contributed by atoms with Crippen LogP contribution >= 0.6 is 11.6 Å². The second-order valence-electron chi connectivity index (χ2n) is 5.79. The van der Waals surface area contributed by atoms with Gasteiger partial charge < -0.3 is 10.2 Å². The zero-order valence-electron chi connectivity index (χ0n) is 14.9. The van der Waals surface area contributed by atoms with E-state index in [1.807, 2.05) is 38.1 Å². The first-order valence-corrected chi connectivity index (χ1v) is 8.71. The molecule has 1 saturated carbocycles. The first-order valence-electron chi connectivity index (χ1n) is 8.34. The van der Waals surface area contributed by atoms with Gasteiger partial charge in [0.2, 0.25) is 0 Å². The summed E-state index contributed by atoms with van der Waals surface area (Å²) in [5.41, 5.74) is 3.90. The highest BCUT2D eigenvalue weighted by atomic mass is 35.5. The van der Waals surface area contributed by atoms with Crippen molar-refractivity contribution in [3.63, 3.8) is 0 Å². The Morgan fingerprint density at radius 1 is 1.22 bits per heavy atom. The fraction of sp³-hybridized carbons (Fsp3) is 0.526. The summed E-state index contributed by atoms with van der Waals surface area (Å²) in [6.45, 7) is 7.12. The molecule has 0 spiro atoms. The quantitative estimate of drug-likeness (QED) is 0.808. The lowest BCUT2D eigenvalue weighted by Crippen LogP contribution is -2.30. The lowest BCUT2D eigenvalue weighted by atomic mass is 9.95. The number of carbonyl (C=O) groups is 1. The van der Waals surface area contributed by atoms with E-state index in [1.165, 1.54) is 24.1 Å². The Kier molecular flexibility index (Phi) is 8.35. The number of hydrogen-bond acceptors (Lipinski definition) is 3. The van der Waals surface area contributed by atoms with Gasteiger partial charge in [0.15, 0.2) is 0 Å². The first kappa shape index (κ1) is 19.7. The van der Waals surface area contributed by atoms with E-state index in [4.69, 9.17) is 11.6 Å². The van der Waals surface area contributed by atoms with E-state index in [9.17, 15) is 4.79 Å². The van der Waals surface area contributed by atoms with Gasteiger partial charge in [-0.2, -0.15) is 0 Å². The van der Waals surface area contributed by atoms with Crippen LogP contribution in [0.15, 0.2) is 35.5 Å². The van der Waals surface area contributed by atoms with Gasteiger partial charge in [-0.05, 0) is 43.0 Å². The van der Waals surface area contributed by atoms with Crippen LogP contribution in [0.2, 0.25) is 5.02 Å². The molecule has 128 valence electrons. The van der Waals surface area contributed by atoms with Gasteiger partial charge in [0.05, 0.1) is 5.92 Å². The van der Waals surface area contributed by atoms with Crippen molar-refractivity contribution in [1.82, 2.24) is 10.2 Å². The van der Waals surface area contributed by atoms with E-state index < -0.39 is 0 Å². The minimum Gasteiger partial charge on any atom is -0.380 e. The Labute approximate surface area is 145 Å². The number of rotatable bonds is 7. The average molecular weight is 337 g/mol. The third-order valence-electron chi connectivity index (χ3n) is 3.85. The molecule has 2 rings (SSSR count). The van der Waals surface area contributed by atoms with E-state index in [0.29, 0.717) is 11.6 Å². The molecule has 0 heterocycles. The van der Waals surface area contributed by atoms with Crippen molar-refractivity contribution in [3.05, 3.63) is 46.1 Å². The van der Waals surface area contributed by atoms with Crippen LogP contribution in [0.1, 0.15) is 45.1 Å². The van der Waals surface area contributed by atoms with E-state index in [1.54, 1.807) is 6.92 Å². The molecular formula is C19H29ClN2O. The van der Waals surface area contributed by atoms with Gasteiger partial charge in [0.25, 0.3) is 0 Å². The summed E-state index contributed by atoms with van der Waals surface area (Å²) in [5.74, 6) is 0.0604. The van der Waals surface area contributed by atoms with Crippen molar-refractivity contribution in [1.29, 1.82) is 0 Å². The second-order valence-corrected chi connectivity index (χ2v) is 6.23. The molecule has 0 radical (unpaired) electrons. The molecule has 23 heavy (non-hydrogen) atoms. The number of halogens is 1. The summed E-state index contributed by atoms with van der Waals surface area (Å²) in [7, 11) is 4.15. The van der Waals surface area contributed by atoms with Crippen LogP contribution in [0.4, 0.5) is 0 Å². The maximum atomic E-state index is 11.9. The molecule has 1 N–H and O–H groups in total. The lowest BCUT2D eigenvalue weighted by Gasteiger charge is -2.20. The summed E-state index contributed by atoms with van der Waals surface area (Å²) >= 11 is 5.91. The third kappa shape index (κ3) is 6.36. The zero-order chi connectivity index (χ0) is 17.4. The van der Waals surface area contributed by atoms with Crippen molar-refractivity contribution >= 4 is 17.4 Å². The van der Waals surface area contributed by atoms with Gasteiger partial charge in [-0.25, -0.2) is 0 Å². The molecule has 1 aromatic rings. The summed E-state index contributed by atoms with van der Waals surface area (Å²) in [6.07, 6.45) is 2.42. The van der Waals surface area contributed by atoms with E-state index >= 15 is 0 Å². The summed E-state index contributed by atoms with van der Waals surface area (Å²) in [6, 6.07) is 7.54. The number of benzene rings is 1. The molecule has 1 aliphatic carbocycles. The number of likely N-dealkylation sites (N-methyl/N-ethyl adjacent to an activating group) is 1. The maximum Gasteiger partial charge on any atom is 0.138 e. The van der Waals surface area contributed by atoms with Crippen LogP contribution in [0, 0.1) is 0 Å². The molecule has 0 amide bonds. The highest BCUT2D eigenvalue weighted by Crippen LogP contribution is 2.32. The minimum absolute atomic E-state index is 0.116. The van der Waals surface area contributed by atoms with Crippen LogP contribution in [-0.4, -0.2) is 37.9 Å². The predicted octanol–water partition coefficient (Wildman–Crippen LogP) is 4.24. The molecule has 1 unspecified atom stereocenters. The number of nitrogens with zero attached hydrogens (tertiary/aromatic N) is 1. The van der Waals surface area contributed by atoms with Gasteiger partial charge in [-0.1, -0.05) is 37.6 Å². The van der Waals surface area contributed by atoms with Crippen molar-refractivity contribution < 1.29 is 4.79 Å². The number of hydrogen-bond donors (Lipinski definition) is 1. The van der Waals surface area contributed by atoms with Gasteiger partial charge >= 0.3 is 0 Å². The molecule has 3 nitrogen and oxygen atoms in total. The fourth-order valence-corrected chi connectivity index (χ4v) is 2.60. The fourth-order valence-electron chi connectivity index (χ4n) is 2.48. The van der Waals surface area contributed by atoms with Crippen LogP contribution in [-0.2, 0) is 4.79 Å². The van der Waals surface area contributed by atoms with Crippen LogP contribution in [0.5, 0.6) is 0 Å². The number of Topliss-reactive ketones (excluding diaryl/α,β-unsaturated/α-hetero) is 1. The first-order chi connectivity index (χ1) is 11.0. The Morgan fingerprint density at radius 3 is 2.22 bits per heavy atom. The molecule has 0 aliphatic heterocycles. The van der Waals surface area contributed by atoms with Gasteiger partial charge in [0.1, 0.15) is 5.78 Å². The molecule has 1 atom stereocenters. The highest BCUT2D eigenvalue weighted by Gasteiger charge is 2.20. The molecule has 1 fully saturated rings. The maximum absolute atomic E-state index is 11.9. The zero-order valence-corrected chi connectivity index (χ0v) is 15.7. The van der Waals surface area contributed by atoms with E-state index in [-0.39, 0.29) is 11.7 Å². The molecule has 1 aromatic carbocycles. The van der Waals surface area contributed by atoms with Crippen molar-refractivity contribution in [2.75, 3.05) is 27.2 Å². The highest BCUT2D eigenvalue weighted by molar-refractivity contribution is 6.30. The number of carbonyl (C=O) groups excluding carboxylic acids is 1. The summed E-state index contributed by atoms with van der Waals surface area (Å²) in [4.78, 5) is 14.1. The molecule has 0 aromatic heterocycles. The van der Waals surface area contributed by atoms with E-state index in [2.05, 4.69) is 24.3 Å². The Balaban J connectivity index is 0.00000127. The molecule has 1 aliphatic rings. The Morgan fingerprint density at radius 2 is 1.78 bits per heavy atom. The van der Waals surface area contributed by atoms with Crippen molar-refractivity contribution in [2.45, 2.75) is 39.5 Å². The normalized spacial score (nSPS) is 13.7. The summed E-state index contributed by atoms with van der Waals surface area (Å²) in [5, 5.41) is 4.13. The Bertz CT molecular complexity index is 529. The lowest BCUT2D eigenvalue weighted by molar-refractivity contribution is -0.118. The molecular weight excluding hydrogens is 308 g/mol.